The van der Waals surface area contributed by atoms with Crippen LogP contribution in [0, 0.1) is 5.82 Å². The molecule has 1 aromatic rings. The molecule has 1 aromatic heterocycles. The number of esters is 1. The Morgan fingerprint density at radius 1 is 1.56 bits per heavy atom. The fourth-order valence-electron chi connectivity index (χ4n) is 1.13. The molecule has 0 aliphatic rings. The average Bonchev–Trinajstić information content (AvgIpc) is 2.27. The number of aliphatic hydroxyl groups is 2. The summed E-state index contributed by atoms with van der Waals surface area (Å²) in [6.45, 7) is 1.66. The Labute approximate surface area is 91.5 Å². The molecule has 0 aliphatic carbocycles. The summed E-state index contributed by atoms with van der Waals surface area (Å²) in [6, 6.07) is 0.986. The summed E-state index contributed by atoms with van der Waals surface area (Å²) in [5.74, 6) is -1.62. The topological polar surface area (TPSA) is 79.7 Å². The van der Waals surface area contributed by atoms with Crippen molar-refractivity contribution in [2.45, 2.75) is 19.1 Å². The molecule has 0 spiro atoms. The largest absolute Gasteiger partial charge is 0.464 e. The number of halogens is 1. The molecule has 1 heterocycles. The standard InChI is InChI=1S/C10H12FNO4/c1-2-16-10(15)9(14)8(13)6-3-7(11)5-12-4-6/h3-5,8-9,13-14H,2H2,1H3. The van der Waals surface area contributed by atoms with Crippen molar-refractivity contribution in [2.24, 2.45) is 0 Å². The highest BCUT2D eigenvalue weighted by Gasteiger charge is 2.27. The minimum Gasteiger partial charge on any atom is -0.464 e. The fourth-order valence-corrected chi connectivity index (χ4v) is 1.13. The third-order valence-electron chi connectivity index (χ3n) is 1.89. The SMILES string of the molecule is CCOC(=O)C(O)C(O)c1cncc(F)c1. The minimum absolute atomic E-state index is 0.0144. The van der Waals surface area contributed by atoms with Gasteiger partial charge < -0.3 is 14.9 Å². The zero-order chi connectivity index (χ0) is 12.1. The quantitative estimate of drug-likeness (QED) is 0.720. The Morgan fingerprint density at radius 2 is 2.25 bits per heavy atom. The second-order valence-electron chi connectivity index (χ2n) is 3.08. The van der Waals surface area contributed by atoms with Gasteiger partial charge in [-0.3, -0.25) is 4.98 Å². The molecule has 0 bridgehead atoms. The van der Waals surface area contributed by atoms with E-state index in [2.05, 4.69) is 9.72 Å². The molecule has 0 fully saturated rings. The van der Waals surface area contributed by atoms with E-state index < -0.39 is 24.0 Å². The van der Waals surface area contributed by atoms with Crippen LogP contribution in [0.3, 0.4) is 0 Å². The highest BCUT2D eigenvalue weighted by atomic mass is 19.1. The lowest BCUT2D eigenvalue weighted by Gasteiger charge is -2.16. The van der Waals surface area contributed by atoms with E-state index >= 15 is 0 Å². The number of aliphatic hydroxyl groups excluding tert-OH is 2. The van der Waals surface area contributed by atoms with Crippen molar-refractivity contribution in [2.75, 3.05) is 6.61 Å². The fraction of sp³-hybridized carbons (Fsp3) is 0.400. The lowest BCUT2D eigenvalue weighted by atomic mass is 10.1. The maximum Gasteiger partial charge on any atom is 0.338 e. The summed E-state index contributed by atoms with van der Waals surface area (Å²) >= 11 is 0. The van der Waals surface area contributed by atoms with Crippen LogP contribution in [0.4, 0.5) is 4.39 Å². The molecule has 5 nitrogen and oxygen atoms in total. The molecular weight excluding hydrogens is 217 g/mol. The molecule has 0 aromatic carbocycles. The van der Waals surface area contributed by atoms with Crippen molar-refractivity contribution < 1.29 is 24.1 Å². The third kappa shape index (κ3) is 2.98. The molecule has 0 saturated heterocycles. The zero-order valence-electron chi connectivity index (χ0n) is 8.63. The van der Waals surface area contributed by atoms with E-state index in [4.69, 9.17) is 0 Å². The Bertz CT molecular complexity index is 372. The summed E-state index contributed by atoms with van der Waals surface area (Å²) in [5.41, 5.74) is 0.0144. The van der Waals surface area contributed by atoms with Crippen molar-refractivity contribution in [1.29, 1.82) is 0 Å². The first-order valence-electron chi connectivity index (χ1n) is 4.69. The number of hydrogen-bond donors (Lipinski definition) is 2. The van der Waals surface area contributed by atoms with Crippen LogP contribution >= 0.6 is 0 Å². The number of rotatable bonds is 4. The van der Waals surface area contributed by atoms with Crippen LogP contribution in [0.5, 0.6) is 0 Å². The molecule has 0 aliphatic heterocycles. The van der Waals surface area contributed by atoms with E-state index in [9.17, 15) is 19.4 Å². The number of pyridine rings is 1. The zero-order valence-corrected chi connectivity index (χ0v) is 8.63. The second kappa shape index (κ2) is 5.53. The maximum atomic E-state index is 12.8. The first kappa shape index (κ1) is 12.5. The van der Waals surface area contributed by atoms with Crippen molar-refractivity contribution in [3.05, 3.63) is 29.8 Å². The van der Waals surface area contributed by atoms with Crippen LogP contribution in [0.25, 0.3) is 0 Å². The van der Waals surface area contributed by atoms with Crippen LogP contribution in [0.15, 0.2) is 18.5 Å². The number of carbonyl (C=O) groups is 1. The van der Waals surface area contributed by atoms with E-state index in [0.29, 0.717) is 0 Å². The van der Waals surface area contributed by atoms with E-state index in [0.717, 1.165) is 18.5 Å². The molecule has 0 saturated carbocycles. The first-order valence-corrected chi connectivity index (χ1v) is 4.69. The van der Waals surface area contributed by atoms with Gasteiger partial charge >= 0.3 is 5.97 Å². The summed E-state index contributed by atoms with van der Waals surface area (Å²) in [4.78, 5) is 14.6. The Kier molecular flexibility index (Phi) is 4.33. The summed E-state index contributed by atoms with van der Waals surface area (Å²) < 4.78 is 17.3. The molecule has 16 heavy (non-hydrogen) atoms. The number of hydrogen-bond acceptors (Lipinski definition) is 5. The van der Waals surface area contributed by atoms with Gasteiger partial charge in [-0.1, -0.05) is 0 Å². The summed E-state index contributed by atoms with van der Waals surface area (Å²) in [5, 5.41) is 18.9. The smallest absolute Gasteiger partial charge is 0.338 e. The van der Waals surface area contributed by atoms with Gasteiger partial charge in [-0.15, -0.1) is 0 Å². The molecule has 0 amide bonds. The van der Waals surface area contributed by atoms with Gasteiger partial charge in [0.1, 0.15) is 11.9 Å². The van der Waals surface area contributed by atoms with Gasteiger partial charge in [0.2, 0.25) is 0 Å². The van der Waals surface area contributed by atoms with Crippen molar-refractivity contribution in [3.8, 4) is 0 Å². The van der Waals surface area contributed by atoms with Gasteiger partial charge in [0, 0.05) is 11.8 Å². The van der Waals surface area contributed by atoms with E-state index in [1.165, 1.54) is 0 Å². The van der Waals surface area contributed by atoms with Crippen LogP contribution < -0.4 is 0 Å². The number of ether oxygens (including phenoxy) is 1. The molecular formula is C10H12FNO4. The number of nitrogens with zero attached hydrogens (tertiary/aromatic N) is 1. The predicted octanol–water partition coefficient (Wildman–Crippen LogP) is 0.178. The minimum atomic E-state index is -1.75. The number of carbonyl (C=O) groups excluding carboxylic acids is 1. The number of aromatic nitrogens is 1. The Balaban J connectivity index is 2.77. The van der Waals surface area contributed by atoms with E-state index in [1.54, 1.807) is 6.92 Å². The van der Waals surface area contributed by atoms with E-state index in [-0.39, 0.29) is 12.2 Å². The van der Waals surface area contributed by atoms with Gasteiger partial charge in [-0.2, -0.15) is 0 Å². The van der Waals surface area contributed by atoms with Crippen LogP contribution in [-0.2, 0) is 9.53 Å². The van der Waals surface area contributed by atoms with Gasteiger partial charge in [-0.05, 0) is 13.0 Å². The molecule has 2 atom stereocenters. The molecule has 2 N–H and O–H groups in total. The highest BCUT2D eigenvalue weighted by Crippen LogP contribution is 2.17. The lowest BCUT2D eigenvalue weighted by molar-refractivity contribution is -0.159. The molecule has 2 unspecified atom stereocenters. The van der Waals surface area contributed by atoms with Gasteiger partial charge in [-0.25, -0.2) is 9.18 Å². The lowest BCUT2D eigenvalue weighted by Crippen LogP contribution is -2.30. The average molecular weight is 229 g/mol. The van der Waals surface area contributed by atoms with Gasteiger partial charge in [0.25, 0.3) is 0 Å². The van der Waals surface area contributed by atoms with Crippen molar-refractivity contribution >= 4 is 5.97 Å². The predicted molar refractivity (Wildman–Crippen MR) is 51.8 cm³/mol. The highest BCUT2D eigenvalue weighted by molar-refractivity contribution is 5.75. The monoisotopic (exact) mass is 229 g/mol. The second-order valence-corrected chi connectivity index (χ2v) is 3.08. The third-order valence-corrected chi connectivity index (χ3v) is 1.89. The molecule has 0 radical (unpaired) electrons. The normalized spacial score (nSPS) is 14.2. The summed E-state index contributed by atoms with van der Waals surface area (Å²) in [6.07, 6.45) is -1.19. The van der Waals surface area contributed by atoms with Crippen molar-refractivity contribution in [1.82, 2.24) is 4.98 Å². The molecule has 6 heteroatoms. The van der Waals surface area contributed by atoms with Gasteiger partial charge in [0.15, 0.2) is 6.10 Å². The summed E-state index contributed by atoms with van der Waals surface area (Å²) in [7, 11) is 0. The Hall–Kier alpha value is -1.53. The molecule has 1 rings (SSSR count). The van der Waals surface area contributed by atoms with Crippen molar-refractivity contribution in [3.63, 3.8) is 0 Å². The molecule has 88 valence electrons. The maximum absolute atomic E-state index is 12.8. The van der Waals surface area contributed by atoms with Crippen LogP contribution in [0.1, 0.15) is 18.6 Å². The van der Waals surface area contributed by atoms with E-state index in [1.807, 2.05) is 0 Å². The first-order chi connectivity index (χ1) is 7.56. The van der Waals surface area contributed by atoms with Gasteiger partial charge in [0.05, 0.1) is 12.8 Å². The van der Waals surface area contributed by atoms with Crippen LogP contribution in [0.2, 0.25) is 0 Å². The van der Waals surface area contributed by atoms with Crippen LogP contribution in [-0.4, -0.2) is 33.9 Å². The Morgan fingerprint density at radius 3 is 2.81 bits per heavy atom.